The van der Waals surface area contributed by atoms with Gasteiger partial charge in [0.25, 0.3) is 0 Å². The Morgan fingerprint density at radius 3 is 2.29 bits per heavy atom. The lowest BCUT2D eigenvalue weighted by atomic mass is 10.1. The van der Waals surface area contributed by atoms with Crippen molar-refractivity contribution in [3.8, 4) is 0 Å². The highest BCUT2D eigenvalue weighted by atomic mass is 35.5. The van der Waals surface area contributed by atoms with Crippen molar-refractivity contribution in [3.63, 3.8) is 0 Å². The molecule has 94 valence electrons. The van der Waals surface area contributed by atoms with E-state index in [1.807, 2.05) is 0 Å². The van der Waals surface area contributed by atoms with Gasteiger partial charge in [-0.3, -0.25) is 4.79 Å². The summed E-state index contributed by atoms with van der Waals surface area (Å²) < 4.78 is 0. The molecule has 0 bridgehead atoms. The average Bonchev–Trinajstić information content (AvgIpc) is 2.37. The minimum Gasteiger partial charge on any atom is -0.389 e. The number of aliphatic hydroxyl groups excluding tert-OH is 2. The highest BCUT2D eigenvalue weighted by molar-refractivity contribution is 6.29. The molecule has 0 saturated carbocycles. The smallest absolute Gasteiger partial charge is 0.239 e. The fraction of sp³-hybridized carbons (Fsp3) is 0.364. The van der Waals surface area contributed by atoms with E-state index < -0.39 is 12.2 Å². The second-order valence-electron chi connectivity index (χ2n) is 3.47. The van der Waals surface area contributed by atoms with Crippen molar-refractivity contribution < 1.29 is 15.0 Å². The van der Waals surface area contributed by atoms with E-state index >= 15 is 0 Å². The summed E-state index contributed by atoms with van der Waals surface area (Å²) in [6, 6.07) is 6.43. The van der Waals surface area contributed by atoms with Crippen LogP contribution in [-0.2, 0) is 4.79 Å². The van der Waals surface area contributed by atoms with Crippen molar-refractivity contribution in [2.45, 2.75) is 12.2 Å². The van der Waals surface area contributed by atoms with Crippen LogP contribution in [-0.4, -0.2) is 34.0 Å². The predicted molar refractivity (Wildman–Crippen MR) is 67.5 cm³/mol. The Labute approximate surface area is 109 Å². The van der Waals surface area contributed by atoms with Crippen molar-refractivity contribution in [3.05, 3.63) is 29.8 Å². The predicted octanol–water partition coefficient (Wildman–Crippen LogP) is 1.50. The molecule has 0 aliphatic rings. The first-order valence-corrected chi connectivity index (χ1v) is 6.03. The summed E-state index contributed by atoms with van der Waals surface area (Å²) in [5, 5.41) is 21.6. The van der Waals surface area contributed by atoms with Gasteiger partial charge in [0.2, 0.25) is 5.91 Å². The number of alkyl halides is 2. The van der Waals surface area contributed by atoms with Gasteiger partial charge in [0.05, 0.1) is 12.0 Å². The van der Waals surface area contributed by atoms with E-state index in [-0.39, 0.29) is 17.7 Å². The van der Waals surface area contributed by atoms with E-state index in [0.717, 1.165) is 0 Å². The van der Waals surface area contributed by atoms with E-state index in [1.165, 1.54) is 0 Å². The number of amides is 1. The molecule has 0 heterocycles. The Kier molecular flexibility index (Phi) is 5.71. The zero-order chi connectivity index (χ0) is 12.8. The van der Waals surface area contributed by atoms with Crippen molar-refractivity contribution in [1.82, 2.24) is 0 Å². The SMILES string of the molecule is O=C(CCl)Nc1ccc(C(O)C(O)CCl)cc1. The summed E-state index contributed by atoms with van der Waals surface area (Å²) in [6.45, 7) is 0. The number of aliphatic hydroxyl groups is 2. The van der Waals surface area contributed by atoms with Crippen molar-refractivity contribution in [2.24, 2.45) is 0 Å². The second-order valence-corrected chi connectivity index (χ2v) is 4.05. The number of carbonyl (C=O) groups is 1. The zero-order valence-electron chi connectivity index (χ0n) is 8.94. The van der Waals surface area contributed by atoms with Crippen LogP contribution in [0.1, 0.15) is 11.7 Å². The highest BCUT2D eigenvalue weighted by Crippen LogP contribution is 2.20. The summed E-state index contributed by atoms with van der Waals surface area (Å²) in [7, 11) is 0. The Bertz CT molecular complexity index is 369. The Morgan fingerprint density at radius 2 is 1.82 bits per heavy atom. The molecule has 0 radical (unpaired) electrons. The number of benzene rings is 1. The number of halogens is 2. The number of anilines is 1. The minimum atomic E-state index is -1.04. The van der Waals surface area contributed by atoms with Gasteiger partial charge in [-0.2, -0.15) is 0 Å². The topological polar surface area (TPSA) is 69.6 Å². The van der Waals surface area contributed by atoms with Crippen molar-refractivity contribution in [2.75, 3.05) is 17.1 Å². The number of rotatable bonds is 5. The van der Waals surface area contributed by atoms with Gasteiger partial charge in [-0.15, -0.1) is 23.2 Å². The van der Waals surface area contributed by atoms with E-state index in [2.05, 4.69) is 5.32 Å². The first-order valence-electron chi connectivity index (χ1n) is 4.96. The lowest BCUT2D eigenvalue weighted by Gasteiger charge is -2.16. The molecule has 0 fully saturated rings. The molecule has 2 atom stereocenters. The van der Waals surface area contributed by atoms with Crippen LogP contribution in [0.15, 0.2) is 24.3 Å². The van der Waals surface area contributed by atoms with Gasteiger partial charge in [0, 0.05) is 5.69 Å². The van der Waals surface area contributed by atoms with Gasteiger partial charge in [-0.1, -0.05) is 12.1 Å². The van der Waals surface area contributed by atoms with Crippen LogP contribution in [0.3, 0.4) is 0 Å². The maximum atomic E-state index is 11.0. The van der Waals surface area contributed by atoms with Crippen molar-refractivity contribution >= 4 is 34.8 Å². The maximum Gasteiger partial charge on any atom is 0.239 e. The van der Waals surface area contributed by atoms with E-state index in [9.17, 15) is 15.0 Å². The van der Waals surface area contributed by atoms with E-state index in [1.54, 1.807) is 24.3 Å². The second kappa shape index (κ2) is 6.81. The Balaban J connectivity index is 2.70. The highest BCUT2D eigenvalue weighted by Gasteiger charge is 2.16. The zero-order valence-corrected chi connectivity index (χ0v) is 10.4. The van der Waals surface area contributed by atoms with Gasteiger partial charge < -0.3 is 15.5 Å². The molecular formula is C11H13Cl2NO3. The molecule has 17 heavy (non-hydrogen) atoms. The molecule has 1 aromatic rings. The first kappa shape index (κ1) is 14.3. The number of hydrogen-bond acceptors (Lipinski definition) is 3. The molecule has 0 aliphatic heterocycles. The lowest BCUT2D eigenvalue weighted by molar-refractivity contribution is -0.113. The molecule has 2 unspecified atom stereocenters. The van der Waals surface area contributed by atoms with Crippen LogP contribution in [0.5, 0.6) is 0 Å². The third-order valence-electron chi connectivity index (χ3n) is 2.18. The van der Waals surface area contributed by atoms with Gasteiger partial charge in [-0.05, 0) is 17.7 Å². The summed E-state index contributed by atoms with van der Waals surface area (Å²) >= 11 is 10.8. The molecule has 1 aromatic carbocycles. The first-order chi connectivity index (χ1) is 8.08. The molecule has 0 aliphatic carbocycles. The molecule has 6 heteroatoms. The standard InChI is InChI=1S/C11H13Cl2NO3/c12-5-9(15)11(17)7-1-3-8(4-2-7)14-10(16)6-13/h1-4,9,11,15,17H,5-6H2,(H,14,16). The maximum absolute atomic E-state index is 11.0. The summed E-state index contributed by atoms with van der Waals surface area (Å²) in [4.78, 5) is 11.0. The molecule has 0 saturated heterocycles. The fourth-order valence-electron chi connectivity index (χ4n) is 1.26. The number of hydrogen-bond donors (Lipinski definition) is 3. The van der Waals surface area contributed by atoms with E-state index in [4.69, 9.17) is 23.2 Å². The van der Waals surface area contributed by atoms with Gasteiger partial charge in [0.1, 0.15) is 12.0 Å². The molecule has 1 amide bonds. The quantitative estimate of drug-likeness (QED) is 0.715. The third-order valence-corrected chi connectivity index (χ3v) is 2.74. The van der Waals surface area contributed by atoms with Gasteiger partial charge >= 0.3 is 0 Å². The molecule has 1 rings (SSSR count). The van der Waals surface area contributed by atoms with Crippen LogP contribution in [0.2, 0.25) is 0 Å². The Morgan fingerprint density at radius 1 is 1.24 bits per heavy atom. The molecular weight excluding hydrogens is 265 g/mol. The van der Waals surface area contributed by atoms with E-state index in [0.29, 0.717) is 11.3 Å². The van der Waals surface area contributed by atoms with Crippen LogP contribution in [0, 0.1) is 0 Å². The minimum absolute atomic E-state index is 0.0497. The van der Waals surface area contributed by atoms with Crippen LogP contribution in [0.25, 0.3) is 0 Å². The third kappa shape index (κ3) is 4.16. The average molecular weight is 278 g/mol. The van der Waals surface area contributed by atoms with Gasteiger partial charge in [-0.25, -0.2) is 0 Å². The molecule has 0 aromatic heterocycles. The van der Waals surface area contributed by atoms with Crippen LogP contribution < -0.4 is 5.32 Å². The number of carbonyl (C=O) groups excluding carboxylic acids is 1. The lowest BCUT2D eigenvalue weighted by Crippen LogP contribution is -2.19. The summed E-state index contributed by atoms with van der Waals surface area (Å²) in [5.74, 6) is -0.470. The van der Waals surface area contributed by atoms with Crippen LogP contribution in [0.4, 0.5) is 5.69 Å². The molecule has 3 N–H and O–H groups in total. The number of nitrogens with one attached hydrogen (secondary N) is 1. The normalized spacial score (nSPS) is 14.1. The van der Waals surface area contributed by atoms with Crippen molar-refractivity contribution in [1.29, 1.82) is 0 Å². The largest absolute Gasteiger partial charge is 0.389 e. The summed E-state index contributed by atoms with van der Waals surface area (Å²) in [6.07, 6.45) is -2.05. The van der Waals surface area contributed by atoms with Gasteiger partial charge in [0.15, 0.2) is 0 Å². The molecule has 0 spiro atoms. The fourth-order valence-corrected chi connectivity index (χ4v) is 1.50. The Hall–Kier alpha value is -0.810. The molecule has 4 nitrogen and oxygen atoms in total. The van der Waals surface area contributed by atoms with Crippen LogP contribution >= 0.6 is 23.2 Å². The summed E-state index contributed by atoms with van der Waals surface area (Å²) in [5.41, 5.74) is 1.11. The monoisotopic (exact) mass is 277 g/mol.